The highest BCUT2D eigenvalue weighted by Crippen LogP contribution is 2.44. The van der Waals surface area contributed by atoms with Gasteiger partial charge in [-0.15, -0.1) is 0 Å². The van der Waals surface area contributed by atoms with Gasteiger partial charge < -0.3 is 84.2 Å². The number of hydrogen-bond donors (Lipinski definition) is 11. The van der Waals surface area contributed by atoms with Crippen molar-refractivity contribution in [3.63, 3.8) is 0 Å². The van der Waals surface area contributed by atoms with Crippen LogP contribution in [0, 0.1) is 0 Å². The molecule has 636 valence electrons. The van der Waals surface area contributed by atoms with Crippen molar-refractivity contribution in [3.8, 4) is 0 Å². The number of aliphatic hydroxyl groups excluding tert-OH is 5. The summed E-state index contributed by atoms with van der Waals surface area (Å²) in [5, 5.41) is 62.0. The Kier molecular flexibility index (Phi) is 59.6. The molecule has 2 heterocycles. The van der Waals surface area contributed by atoms with Crippen molar-refractivity contribution in [1.29, 1.82) is 0 Å². The van der Waals surface area contributed by atoms with E-state index < -0.39 is 170 Å². The number of rotatable bonds is 71. The van der Waals surface area contributed by atoms with Crippen LogP contribution < -0.4 is 10.6 Å². The van der Waals surface area contributed by atoms with Gasteiger partial charge in [0.05, 0.1) is 57.2 Å². The molecule has 11 N–H and O–H groups in total. The van der Waals surface area contributed by atoms with Gasteiger partial charge >= 0.3 is 33.6 Å². The lowest BCUT2D eigenvalue weighted by Gasteiger charge is -2.47. The molecule has 2 fully saturated rings. The number of phosphoric ester groups is 2. The molecule has 0 aromatic carbocycles. The zero-order valence-electron chi connectivity index (χ0n) is 67.2. The molecule has 2 amide bonds. The number of hydrogen-bond acceptors (Lipinski definition) is 20. The SMILES string of the molecule is CCCCCCCCCCCC(=O)OC(CCCCCCCCCCC)CC(=O)OC1C(OP(=O)(O)O)C(CO)O[C@@H](OCC2OC(OP(=O)(O)O)[C@@H](NC(=O)CC(O)CCCCCCCCCCC)C(OC(=O)CC(O)CCCCCCCCCCC)[C@@H]2O)[C@H]1NC(=O)CC(O)CCCCCCCCCCC. The highest BCUT2D eigenvalue weighted by molar-refractivity contribution is 7.46. The molecule has 0 aliphatic carbocycles. The number of nitrogens with one attached hydrogen (secondary N) is 2. The van der Waals surface area contributed by atoms with Crippen LogP contribution in [0.1, 0.15) is 381 Å². The van der Waals surface area contributed by atoms with E-state index in [9.17, 15) is 78.2 Å². The van der Waals surface area contributed by atoms with Crippen molar-refractivity contribution < 1.29 is 116 Å². The third-order valence-corrected chi connectivity index (χ3v) is 21.6. The summed E-state index contributed by atoms with van der Waals surface area (Å²) >= 11 is 0. The van der Waals surface area contributed by atoms with Gasteiger partial charge in [-0.2, -0.15) is 0 Å². The van der Waals surface area contributed by atoms with E-state index in [1.165, 1.54) is 44.9 Å². The molecule has 14 atom stereocenters. The highest BCUT2D eigenvalue weighted by Gasteiger charge is 2.55. The molecule has 2 saturated heterocycles. The molecule has 28 heteroatoms. The van der Waals surface area contributed by atoms with Crippen LogP contribution in [0.5, 0.6) is 0 Å². The zero-order chi connectivity index (χ0) is 79.6. The van der Waals surface area contributed by atoms with Gasteiger partial charge in [-0.05, 0) is 38.5 Å². The van der Waals surface area contributed by atoms with Gasteiger partial charge in [0.1, 0.15) is 42.6 Å². The molecule has 2 rings (SSSR count). The molecule has 26 nitrogen and oxygen atoms in total. The quantitative estimate of drug-likeness (QED) is 0.0117. The maximum atomic E-state index is 14.7. The first-order chi connectivity index (χ1) is 51.9. The van der Waals surface area contributed by atoms with E-state index in [1.807, 2.05) is 0 Å². The summed E-state index contributed by atoms with van der Waals surface area (Å²) in [4.78, 5) is 112. The van der Waals surface area contributed by atoms with Crippen molar-refractivity contribution in [1.82, 2.24) is 10.6 Å². The molecule has 2 aliphatic heterocycles. The topological polar surface area (TPSA) is 399 Å². The fourth-order valence-corrected chi connectivity index (χ4v) is 15.3. The number of carbonyl (C=O) groups is 5. The van der Waals surface area contributed by atoms with Crippen LogP contribution in [0.4, 0.5) is 0 Å². The predicted molar refractivity (Wildman–Crippen MR) is 416 cm³/mol. The van der Waals surface area contributed by atoms with E-state index in [0.29, 0.717) is 32.1 Å². The smallest absolute Gasteiger partial charge is 0.462 e. The average molecular weight is 1590 g/mol. The van der Waals surface area contributed by atoms with Gasteiger partial charge in [-0.25, -0.2) is 9.13 Å². The van der Waals surface area contributed by atoms with Crippen LogP contribution in [0.3, 0.4) is 0 Å². The van der Waals surface area contributed by atoms with Gasteiger partial charge in [0, 0.05) is 6.42 Å². The third-order valence-electron chi connectivity index (χ3n) is 20.6. The number of ether oxygens (including phenoxy) is 6. The lowest BCUT2D eigenvalue weighted by atomic mass is 9.95. The Hall–Kier alpha value is -2.75. The molecule has 108 heavy (non-hydrogen) atoms. The molecule has 2 aliphatic rings. The van der Waals surface area contributed by atoms with Crippen LogP contribution in [0.2, 0.25) is 0 Å². The number of amides is 2. The number of unbranched alkanes of at least 4 members (excludes halogenated alkanes) is 40. The summed E-state index contributed by atoms with van der Waals surface area (Å²) in [7, 11) is -11.3. The summed E-state index contributed by atoms with van der Waals surface area (Å²) in [5.74, 6) is -4.53. The molecule has 0 bridgehead atoms. The van der Waals surface area contributed by atoms with Gasteiger partial charge in [0.15, 0.2) is 24.8 Å². The molecular weight excluding hydrogens is 1430 g/mol. The first kappa shape index (κ1) is 101. The Labute approximate surface area is 649 Å². The van der Waals surface area contributed by atoms with E-state index in [-0.39, 0.29) is 32.1 Å². The molecule has 0 saturated carbocycles. The Morgan fingerprint density at radius 2 is 0.704 bits per heavy atom. The normalized spacial score (nSPS) is 21.6. The molecule has 0 radical (unpaired) electrons. The number of phosphoric acid groups is 2. The average Bonchev–Trinajstić information content (AvgIpc) is 0.780. The Balaban J connectivity index is 2.68. The fourth-order valence-electron chi connectivity index (χ4n) is 14.3. The Bertz CT molecular complexity index is 2370. The van der Waals surface area contributed by atoms with Crippen molar-refractivity contribution >= 4 is 45.4 Å². The van der Waals surface area contributed by atoms with Gasteiger partial charge in [-0.1, -0.05) is 311 Å². The molecule has 0 aromatic heterocycles. The Morgan fingerprint density at radius 1 is 0.380 bits per heavy atom. The summed E-state index contributed by atoms with van der Waals surface area (Å²) < 4.78 is 72.6. The zero-order valence-corrected chi connectivity index (χ0v) is 69.0. The summed E-state index contributed by atoms with van der Waals surface area (Å²) in [6.45, 7) is 8.70. The van der Waals surface area contributed by atoms with E-state index in [0.717, 1.165) is 212 Å². The predicted octanol–water partition coefficient (Wildman–Crippen LogP) is 15.3. The van der Waals surface area contributed by atoms with E-state index in [4.69, 9.17) is 37.5 Å². The number of esters is 3. The maximum absolute atomic E-state index is 14.7. The monoisotopic (exact) mass is 1590 g/mol. The summed E-state index contributed by atoms with van der Waals surface area (Å²) in [6, 6.07) is -3.80. The number of carbonyl (C=O) groups excluding carboxylic acids is 5. The third kappa shape index (κ3) is 51.2. The van der Waals surface area contributed by atoms with Crippen molar-refractivity contribution in [2.45, 2.75) is 467 Å². The van der Waals surface area contributed by atoms with Crippen LogP contribution in [0.15, 0.2) is 0 Å². The van der Waals surface area contributed by atoms with Crippen LogP contribution in [0.25, 0.3) is 0 Å². The molecule has 0 spiro atoms. The highest BCUT2D eigenvalue weighted by atomic mass is 31.2. The lowest BCUT2D eigenvalue weighted by molar-refractivity contribution is -0.297. The summed E-state index contributed by atoms with van der Waals surface area (Å²) in [5.41, 5.74) is 0. The van der Waals surface area contributed by atoms with Crippen LogP contribution in [-0.2, 0) is 70.6 Å². The van der Waals surface area contributed by atoms with Gasteiger partial charge in [0.25, 0.3) is 0 Å². The lowest BCUT2D eigenvalue weighted by Crippen LogP contribution is -2.68. The maximum Gasteiger partial charge on any atom is 0.472 e. The van der Waals surface area contributed by atoms with E-state index in [1.54, 1.807) is 0 Å². The van der Waals surface area contributed by atoms with E-state index in [2.05, 4.69) is 45.3 Å². The van der Waals surface area contributed by atoms with Crippen LogP contribution >= 0.6 is 15.6 Å². The first-order valence-electron chi connectivity index (χ1n) is 42.8. The van der Waals surface area contributed by atoms with Gasteiger partial charge in [-0.3, -0.25) is 33.0 Å². The fraction of sp³-hybridized carbons (Fsp3) is 0.938. The first-order valence-corrected chi connectivity index (χ1v) is 45.8. The molecule has 0 aromatic rings. The standard InChI is InChI=1S/C80H152N2O24P2/c1-6-11-16-21-26-31-36-41-46-51-62(84)56-68(87)81-73-77(103-71(90)58-64(86)53-48-43-38-33-28-23-18-13-8-3)75(92)67(102-80(73)106-108(96,97)98)61-99-79-74(82-69(88)57-63(85)52-47-42-37-32-27-22-17-12-7-2)78(76(66(60-83)101-79)105-107(93,94)95)104-72(91)59-65(54-49-44-39-34-29-24-19-14-9-4)100-70(89)55-50-45-40-35-30-25-20-15-10-5/h62-67,73-80,83-86,92H,6-61H2,1-5H3,(H,81,87)(H,82,88)(H2,93,94,95)(H2,96,97,98)/t62?,63?,64?,65?,66?,67?,73-,74-,75+,76?,77?,78?,79+,80?/m0/s1. The second-order valence-electron chi connectivity index (χ2n) is 30.8. The minimum absolute atomic E-state index is 0.0871. The molecule has 10 unspecified atom stereocenters. The van der Waals surface area contributed by atoms with E-state index >= 15 is 0 Å². The van der Waals surface area contributed by atoms with Gasteiger partial charge in [0.2, 0.25) is 11.8 Å². The van der Waals surface area contributed by atoms with Crippen molar-refractivity contribution in [2.75, 3.05) is 13.2 Å². The molecular formula is C80H152N2O24P2. The second kappa shape index (κ2) is 63.5. The van der Waals surface area contributed by atoms with Crippen molar-refractivity contribution in [3.05, 3.63) is 0 Å². The van der Waals surface area contributed by atoms with Crippen molar-refractivity contribution in [2.24, 2.45) is 0 Å². The summed E-state index contributed by atoms with van der Waals surface area (Å²) in [6.07, 6.45) is 22.7. The Morgan fingerprint density at radius 3 is 1.08 bits per heavy atom. The minimum atomic E-state index is -5.64. The minimum Gasteiger partial charge on any atom is -0.462 e. The largest absolute Gasteiger partial charge is 0.472 e. The van der Waals surface area contributed by atoms with Crippen LogP contribution in [-0.4, -0.2) is 174 Å². The number of aliphatic hydroxyl groups is 5. The second-order valence-corrected chi connectivity index (χ2v) is 33.2.